The molecule has 0 saturated carbocycles. The van der Waals surface area contributed by atoms with E-state index in [0.717, 1.165) is 5.56 Å². The van der Waals surface area contributed by atoms with Crippen molar-refractivity contribution in [3.63, 3.8) is 0 Å². The molecule has 0 aliphatic heterocycles. The topological polar surface area (TPSA) is 57.7 Å². The van der Waals surface area contributed by atoms with Gasteiger partial charge in [0.1, 0.15) is 17.5 Å². The molecule has 2 aromatic rings. The molecule has 0 radical (unpaired) electrons. The van der Waals surface area contributed by atoms with Gasteiger partial charge in [-0.05, 0) is 53.7 Å². The second-order valence-corrected chi connectivity index (χ2v) is 17.3. The predicted octanol–water partition coefficient (Wildman–Crippen LogP) is 7.80. The largest absolute Gasteiger partial charge is 0.495 e. The lowest BCUT2D eigenvalue weighted by Gasteiger charge is -2.41. The van der Waals surface area contributed by atoms with E-state index in [1.807, 2.05) is 6.07 Å². The van der Waals surface area contributed by atoms with Crippen LogP contribution in [0.5, 0.6) is 5.75 Å². The lowest BCUT2D eigenvalue weighted by molar-refractivity contribution is -0.148. The number of methoxy groups -OCH3 is 1. The summed E-state index contributed by atoms with van der Waals surface area (Å²) in [5, 5.41) is 0.105. The molecule has 2 rings (SSSR count). The van der Waals surface area contributed by atoms with Gasteiger partial charge in [0.15, 0.2) is 8.32 Å². The Balaban J connectivity index is 2.54. The van der Waals surface area contributed by atoms with Gasteiger partial charge < -0.3 is 13.9 Å². The van der Waals surface area contributed by atoms with Crippen LogP contribution >= 0.6 is 11.6 Å². The van der Waals surface area contributed by atoms with Crippen molar-refractivity contribution in [3.8, 4) is 5.75 Å². The van der Waals surface area contributed by atoms with Crippen LogP contribution in [0.4, 0.5) is 4.39 Å². The zero-order valence-corrected chi connectivity index (χ0v) is 25.8. The normalized spacial score (nSPS) is 14.3. The van der Waals surface area contributed by atoms with Crippen molar-refractivity contribution in [2.24, 2.45) is 11.3 Å². The number of halogens is 2. The van der Waals surface area contributed by atoms with E-state index in [1.165, 1.54) is 6.07 Å². The Kier molecular flexibility index (Phi) is 10.4. The zero-order chi connectivity index (χ0) is 28.2. The molecule has 0 aliphatic carbocycles. The van der Waals surface area contributed by atoms with Gasteiger partial charge in [-0.2, -0.15) is 0 Å². The predicted molar refractivity (Wildman–Crippen MR) is 150 cm³/mol. The Hall–Kier alpha value is -1.96. The van der Waals surface area contributed by atoms with Crippen LogP contribution in [0, 0.1) is 17.2 Å². The fraction of sp³-hybridized carbons (Fsp3) is 0.586. The standard InChI is InChI=1S/C29H43ClFNO4Si/c1-11-35-27(33)24(21(28(2,3)4)18-36-37(9,10)29(5,6)7)26-23(34-8)16-19(17-32-26)15-20-13-12-14-22(30)25(20)31/h12-14,16-17,21,24H,11,15,18H2,1-10H3/t21-,24?/m0/s1. The molecule has 1 heterocycles. The maximum absolute atomic E-state index is 14.5. The number of hydrogen-bond donors (Lipinski definition) is 0. The van der Waals surface area contributed by atoms with E-state index in [2.05, 4.69) is 54.6 Å². The van der Waals surface area contributed by atoms with E-state index in [0.29, 0.717) is 23.6 Å². The number of pyridine rings is 1. The van der Waals surface area contributed by atoms with Gasteiger partial charge in [0.2, 0.25) is 0 Å². The highest BCUT2D eigenvalue weighted by Gasteiger charge is 2.44. The van der Waals surface area contributed by atoms with Crippen molar-refractivity contribution in [3.05, 3.63) is 58.1 Å². The van der Waals surface area contributed by atoms with Gasteiger partial charge in [-0.25, -0.2) is 4.39 Å². The average molecular weight is 552 g/mol. The average Bonchev–Trinajstić information content (AvgIpc) is 2.78. The molecule has 1 aromatic carbocycles. The molecule has 0 N–H and O–H groups in total. The number of benzene rings is 1. The molecule has 8 heteroatoms. The zero-order valence-electron chi connectivity index (χ0n) is 24.0. The number of esters is 1. The number of aromatic nitrogens is 1. The van der Waals surface area contributed by atoms with Crippen LogP contribution in [-0.4, -0.2) is 39.6 Å². The first kappa shape index (κ1) is 31.3. The molecule has 0 amide bonds. The summed E-state index contributed by atoms with van der Waals surface area (Å²) in [5.41, 5.74) is 1.40. The molecule has 0 fully saturated rings. The van der Waals surface area contributed by atoms with Gasteiger partial charge >= 0.3 is 5.97 Å². The van der Waals surface area contributed by atoms with E-state index >= 15 is 0 Å². The van der Waals surface area contributed by atoms with Crippen LogP contribution in [0.15, 0.2) is 30.5 Å². The fourth-order valence-corrected chi connectivity index (χ4v) is 5.18. The summed E-state index contributed by atoms with van der Waals surface area (Å²) in [5.74, 6) is -1.28. The van der Waals surface area contributed by atoms with Crippen LogP contribution in [0.1, 0.15) is 71.2 Å². The summed E-state index contributed by atoms with van der Waals surface area (Å²) < 4.78 is 32.4. The Morgan fingerprint density at radius 1 is 1.16 bits per heavy atom. The maximum atomic E-state index is 14.5. The maximum Gasteiger partial charge on any atom is 0.315 e. The van der Waals surface area contributed by atoms with E-state index < -0.39 is 20.1 Å². The number of carbonyl (C=O) groups excluding carboxylic acids is 1. The first-order valence-electron chi connectivity index (χ1n) is 12.8. The Labute approximate surface area is 228 Å². The minimum Gasteiger partial charge on any atom is -0.495 e. The van der Waals surface area contributed by atoms with Crippen LogP contribution in [0.2, 0.25) is 23.2 Å². The molecule has 0 spiro atoms. The molecular weight excluding hydrogens is 509 g/mol. The molecule has 2 atom stereocenters. The molecule has 5 nitrogen and oxygen atoms in total. The number of carbonyl (C=O) groups is 1. The fourth-order valence-electron chi connectivity index (χ4n) is 3.95. The van der Waals surface area contributed by atoms with Gasteiger partial charge in [0, 0.05) is 25.1 Å². The molecule has 0 saturated heterocycles. The summed E-state index contributed by atoms with van der Waals surface area (Å²) in [6.07, 6.45) is 1.95. The highest BCUT2D eigenvalue weighted by atomic mass is 35.5. The van der Waals surface area contributed by atoms with Crippen LogP contribution in [0.3, 0.4) is 0 Å². The minimum absolute atomic E-state index is 0.0298. The van der Waals surface area contributed by atoms with E-state index in [-0.39, 0.29) is 40.4 Å². The van der Waals surface area contributed by atoms with Gasteiger partial charge in [-0.3, -0.25) is 9.78 Å². The van der Waals surface area contributed by atoms with Gasteiger partial charge in [0.25, 0.3) is 0 Å². The summed E-state index contributed by atoms with van der Waals surface area (Å²) >= 11 is 5.96. The Bertz CT molecular complexity index is 1080. The minimum atomic E-state index is -2.08. The summed E-state index contributed by atoms with van der Waals surface area (Å²) in [6.45, 7) is 19.7. The molecule has 1 unspecified atom stereocenters. The van der Waals surface area contributed by atoms with Crippen LogP contribution < -0.4 is 4.74 Å². The molecule has 0 aliphatic rings. The third-order valence-corrected chi connectivity index (χ3v) is 12.2. The number of nitrogens with zero attached hydrogens (tertiary/aromatic N) is 1. The van der Waals surface area contributed by atoms with Crippen LogP contribution in [-0.2, 0) is 20.4 Å². The molecule has 37 heavy (non-hydrogen) atoms. The Morgan fingerprint density at radius 2 is 1.81 bits per heavy atom. The number of hydrogen-bond acceptors (Lipinski definition) is 5. The lowest BCUT2D eigenvalue weighted by atomic mass is 9.72. The van der Waals surface area contributed by atoms with E-state index in [4.69, 9.17) is 30.5 Å². The highest BCUT2D eigenvalue weighted by Crippen LogP contribution is 2.44. The first-order chi connectivity index (χ1) is 17.0. The third kappa shape index (κ3) is 7.77. The monoisotopic (exact) mass is 551 g/mol. The number of ether oxygens (including phenoxy) is 2. The van der Waals surface area contributed by atoms with Gasteiger partial charge in [-0.15, -0.1) is 0 Å². The SMILES string of the molecule is CCOC(=O)C(c1ncc(Cc2cccc(Cl)c2F)cc1OC)[C@H](CO[Si](C)(C)C(C)(C)C)C(C)(C)C. The third-order valence-electron chi connectivity index (χ3n) is 7.36. The summed E-state index contributed by atoms with van der Waals surface area (Å²) in [7, 11) is -0.534. The summed E-state index contributed by atoms with van der Waals surface area (Å²) in [4.78, 5) is 18.2. The van der Waals surface area contributed by atoms with Gasteiger partial charge in [-0.1, -0.05) is 65.3 Å². The first-order valence-corrected chi connectivity index (χ1v) is 16.1. The second-order valence-electron chi connectivity index (χ2n) is 12.1. The highest BCUT2D eigenvalue weighted by molar-refractivity contribution is 6.74. The van der Waals surface area contributed by atoms with Crippen molar-refractivity contribution < 1.29 is 23.1 Å². The number of rotatable bonds is 10. The second kappa shape index (κ2) is 12.3. The molecule has 0 bridgehead atoms. The van der Waals surface area contributed by atoms with Crippen molar-refractivity contribution in [2.45, 2.75) is 78.9 Å². The van der Waals surface area contributed by atoms with Crippen molar-refractivity contribution in [2.75, 3.05) is 20.3 Å². The quantitative estimate of drug-likeness (QED) is 0.223. The van der Waals surface area contributed by atoms with Crippen LogP contribution in [0.25, 0.3) is 0 Å². The van der Waals surface area contributed by atoms with E-state index in [1.54, 1.807) is 32.4 Å². The molecule has 206 valence electrons. The van der Waals surface area contributed by atoms with Gasteiger partial charge in [0.05, 0.1) is 24.4 Å². The summed E-state index contributed by atoms with van der Waals surface area (Å²) in [6, 6.07) is 6.73. The Morgan fingerprint density at radius 3 is 2.35 bits per heavy atom. The van der Waals surface area contributed by atoms with Crippen molar-refractivity contribution >= 4 is 25.9 Å². The van der Waals surface area contributed by atoms with Crippen molar-refractivity contribution in [1.82, 2.24) is 4.98 Å². The van der Waals surface area contributed by atoms with E-state index in [9.17, 15) is 9.18 Å². The smallest absolute Gasteiger partial charge is 0.315 e. The molecular formula is C29H43ClFNO4Si. The lowest BCUT2D eigenvalue weighted by Crippen LogP contribution is -2.45. The van der Waals surface area contributed by atoms with Crippen molar-refractivity contribution in [1.29, 1.82) is 0 Å². The molecule has 1 aromatic heterocycles.